The number of nitrogen functional groups attached to an aromatic ring is 2. The van der Waals surface area contributed by atoms with Crippen LogP contribution in [-0.4, -0.2) is 9.97 Å². The van der Waals surface area contributed by atoms with E-state index < -0.39 is 0 Å². The maximum Gasteiger partial charge on any atom is 0.222 e. The molecule has 0 unspecified atom stereocenters. The highest BCUT2D eigenvalue weighted by molar-refractivity contribution is 5.74. The Morgan fingerprint density at radius 3 is 2.27 bits per heavy atom. The number of rotatable bonds is 6. The van der Waals surface area contributed by atoms with Gasteiger partial charge in [-0.2, -0.15) is 10.2 Å². The number of ether oxygens (including phenoxy) is 1. The number of halogens is 2. The fourth-order valence-corrected chi connectivity index (χ4v) is 3.48. The molecule has 4 rings (SSSR count). The highest BCUT2D eigenvalue weighted by atomic mass is 19.1. The van der Waals surface area contributed by atoms with E-state index in [1.165, 1.54) is 24.3 Å². The molecule has 1 heterocycles. The zero-order chi connectivity index (χ0) is 23.4. The summed E-state index contributed by atoms with van der Waals surface area (Å²) in [6, 6.07) is 19.6. The lowest BCUT2D eigenvalue weighted by Gasteiger charge is -2.15. The third kappa shape index (κ3) is 5.05. The van der Waals surface area contributed by atoms with Gasteiger partial charge in [0.15, 0.2) is 0 Å². The van der Waals surface area contributed by atoms with Gasteiger partial charge in [0.1, 0.15) is 41.4 Å². The van der Waals surface area contributed by atoms with Crippen LogP contribution in [0.3, 0.4) is 0 Å². The van der Waals surface area contributed by atoms with Crippen LogP contribution < -0.4 is 16.2 Å². The van der Waals surface area contributed by atoms with Gasteiger partial charge in [0, 0.05) is 12.0 Å². The van der Waals surface area contributed by atoms with Gasteiger partial charge in [0.05, 0.1) is 5.69 Å². The Morgan fingerprint density at radius 2 is 1.58 bits per heavy atom. The highest BCUT2D eigenvalue weighted by Gasteiger charge is 2.16. The van der Waals surface area contributed by atoms with Crippen LogP contribution in [0.5, 0.6) is 5.75 Å². The fourth-order valence-electron chi connectivity index (χ4n) is 3.48. The second kappa shape index (κ2) is 9.32. The highest BCUT2D eigenvalue weighted by Crippen LogP contribution is 2.31. The van der Waals surface area contributed by atoms with E-state index in [9.17, 15) is 14.0 Å². The first kappa shape index (κ1) is 21.7. The molecule has 0 radical (unpaired) electrons. The largest absolute Gasteiger partial charge is 0.489 e. The molecule has 0 bridgehead atoms. The lowest BCUT2D eigenvalue weighted by molar-refractivity contribution is 0.303. The molecule has 1 aromatic heterocycles. The molecule has 0 fully saturated rings. The van der Waals surface area contributed by atoms with Crippen LogP contribution >= 0.6 is 0 Å². The summed E-state index contributed by atoms with van der Waals surface area (Å²) >= 11 is 0. The third-order valence-corrected chi connectivity index (χ3v) is 4.97. The normalized spacial score (nSPS) is 10.6. The Balaban J connectivity index is 1.75. The lowest BCUT2D eigenvalue weighted by Crippen LogP contribution is -2.05. The van der Waals surface area contributed by atoms with E-state index in [0.29, 0.717) is 34.6 Å². The van der Waals surface area contributed by atoms with Crippen molar-refractivity contribution in [3.05, 3.63) is 101 Å². The zero-order valence-corrected chi connectivity index (χ0v) is 17.4. The number of nitrogens with two attached hydrogens (primary N) is 2. The van der Waals surface area contributed by atoms with Crippen LogP contribution in [0, 0.1) is 23.0 Å². The van der Waals surface area contributed by atoms with E-state index in [1.807, 2.05) is 6.07 Å². The molecule has 0 saturated heterocycles. The quantitative estimate of drug-likeness (QED) is 0.450. The summed E-state index contributed by atoms with van der Waals surface area (Å²) in [5, 5.41) is 9.53. The minimum Gasteiger partial charge on any atom is -0.489 e. The van der Waals surface area contributed by atoms with Crippen LogP contribution in [0.1, 0.15) is 22.3 Å². The Labute approximate surface area is 189 Å². The molecule has 8 heteroatoms. The molecule has 6 nitrogen and oxygen atoms in total. The van der Waals surface area contributed by atoms with Crippen molar-refractivity contribution in [2.24, 2.45) is 0 Å². The van der Waals surface area contributed by atoms with Crippen LogP contribution in [0.25, 0.3) is 11.3 Å². The van der Waals surface area contributed by atoms with E-state index >= 15 is 0 Å². The molecule has 0 aliphatic carbocycles. The van der Waals surface area contributed by atoms with Crippen LogP contribution in [0.15, 0.2) is 66.7 Å². The second-order valence-electron chi connectivity index (χ2n) is 7.35. The first-order valence-corrected chi connectivity index (χ1v) is 10.0. The smallest absolute Gasteiger partial charge is 0.222 e. The van der Waals surface area contributed by atoms with Gasteiger partial charge in [-0.3, -0.25) is 0 Å². The van der Waals surface area contributed by atoms with Crippen molar-refractivity contribution in [2.45, 2.75) is 13.0 Å². The molecule has 4 N–H and O–H groups in total. The average molecular weight is 443 g/mol. The number of hydrogen-bond donors (Lipinski definition) is 2. The minimum atomic E-state index is -0.353. The standard InChI is InChI=1S/C25H19F2N5O/c26-19-5-1-3-15(10-19)9-18-12-17(23-21(13-28)24(29)32-25(30)31-23)7-8-22(18)33-14-16-4-2-6-20(27)11-16/h1-8,10-12H,9,14H2,(H4,29,30,31,32). The molecule has 33 heavy (non-hydrogen) atoms. The maximum atomic E-state index is 13.8. The first-order valence-electron chi connectivity index (χ1n) is 10.0. The Bertz CT molecular complexity index is 1370. The van der Waals surface area contributed by atoms with Gasteiger partial charge in [-0.25, -0.2) is 13.8 Å². The summed E-state index contributed by atoms with van der Waals surface area (Å²) in [7, 11) is 0. The topological polar surface area (TPSA) is 111 Å². The lowest BCUT2D eigenvalue weighted by atomic mass is 9.98. The molecule has 0 spiro atoms. The first-order chi connectivity index (χ1) is 15.9. The van der Waals surface area contributed by atoms with E-state index in [-0.39, 0.29) is 35.6 Å². The number of nitriles is 1. The van der Waals surface area contributed by atoms with Gasteiger partial charge >= 0.3 is 0 Å². The van der Waals surface area contributed by atoms with Crippen molar-refractivity contribution < 1.29 is 13.5 Å². The molecule has 0 aliphatic rings. The second-order valence-corrected chi connectivity index (χ2v) is 7.35. The van der Waals surface area contributed by atoms with Gasteiger partial charge in [-0.15, -0.1) is 0 Å². The Kier molecular flexibility index (Phi) is 6.13. The number of hydrogen-bond acceptors (Lipinski definition) is 6. The van der Waals surface area contributed by atoms with Crippen molar-refractivity contribution in [2.75, 3.05) is 11.5 Å². The maximum absolute atomic E-state index is 13.8. The Hall–Kier alpha value is -4.51. The molecule has 0 saturated carbocycles. The summed E-state index contributed by atoms with van der Waals surface area (Å²) in [4.78, 5) is 8.03. The third-order valence-electron chi connectivity index (χ3n) is 4.97. The van der Waals surface area contributed by atoms with Crippen molar-refractivity contribution >= 4 is 11.8 Å². The van der Waals surface area contributed by atoms with Gasteiger partial charge in [0.2, 0.25) is 5.95 Å². The fraction of sp³-hybridized carbons (Fsp3) is 0.0800. The summed E-state index contributed by atoms with van der Waals surface area (Å²) in [5.41, 5.74) is 14.7. The molecular formula is C25H19F2N5O. The van der Waals surface area contributed by atoms with Gasteiger partial charge < -0.3 is 16.2 Å². The predicted octanol–water partition coefficient (Wildman–Crippen LogP) is 4.63. The summed E-state index contributed by atoms with van der Waals surface area (Å²) < 4.78 is 33.3. The van der Waals surface area contributed by atoms with Crippen molar-refractivity contribution in [3.8, 4) is 23.1 Å². The molecule has 3 aromatic carbocycles. The van der Waals surface area contributed by atoms with Gasteiger partial charge in [-0.1, -0.05) is 24.3 Å². The minimum absolute atomic E-state index is 0.0156. The van der Waals surface area contributed by atoms with Crippen molar-refractivity contribution in [1.29, 1.82) is 5.26 Å². The molecule has 4 aromatic rings. The number of aromatic nitrogens is 2. The predicted molar refractivity (Wildman–Crippen MR) is 121 cm³/mol. The van der Waals surface area contributed by atoms with Crippen LogP contribution in [-0.2, 0) is 13.0 Å². The summed E-state index contributed by atoms with van der Waals surface area (Å²) in [6.45, 7) is 0.143. The number of benzene rings is 3. The van der Waals surface area contributed by atoms with Crippen LogP contribution in [0.2, 0.25) is 0 Å². The van der Waals surface area contributed by atoms with E-state index in [2.05, 4.69) is 9.97 Å². The van der Waals surface area contributed by atoms with E-state index in [1.54, 1.807) is 42.5 Å². The van der Waals surface area contributed by atoms with E-state index in [0.717, 1.165) is 5.56 Å². The number of nitrogens with zero attached hydrogens (tertiary/aromatic N) is 3. The van der Waals surface area contributed by atoms with Gasteiger partial charge in [-0.05, 0) is 59.2 Å². The molecule has 0 aliphatic heterocycles. The molecule has 0 amide bonds. The molecule has 0 atom stereocenters. The molecular weight excluding hydrogens is 424 g/mol. The van der Waals surface area contributed by atoms with Gasteiger partial charge in [0.25, 0.3) is 0 Å². The van der Waals surface area contributed by atoms with Crippen LogP contribution in [0.4, 0.5) is 20.5 Å². The Morgan fingerprint density at radius 1 is 0.879 bits per heavy atom. The number of anilines is 2. The monoisotopic (exact) mass is 443 g/mol. The average Bonchev–Trinajstić information content (AvgIpc) is 2.78. The summed E-state index contributed by atoms with van der Waals surface area (Å²) in [5.74, 6) is -0.248. The molecule has 164 valence electrons. The zero-order valence-electron chi connectivity index (χ0n) is 17.4. The summed E-state index contributed by atoms with van der Waals surface area (Å²) in [6.07, 6.45) is 0.349. The van der Waals surface area contributed by atoms with E-state index in [4.69, 9.17) is 16.2 Å². The van der Waals surface area contributed by atoms with Crippen molar-refractivity contribution in [1.82, 2.24) is 9.97 Å². The SMILES string of the molecule is N#Cc1c(N)nc(N)nc1-c1ccc(OCc2cccc(F)c2)c(Cc2cccc(F)c2)c1. The van der Waals surface area contributed by atoms with Crippen molar-refractivity contribution in [3.63, 3.8) is 0 Å².